The smallest absolute Gasteiger partial charge is 0.171 e. The van der Waals surface area contributed by atoms with Crippen LogP contribution in [-0.4, -0.2) is 37.4 Å². The molecular formula is C74H84F4O8. The van der Waals surface area contributed by atoms with Crippen LogP contribution in [0, 0.1) is 64.2 Å². The summed E-state index contributed by atoms with van der Waals surface area (Å²) in [5, 5.41) is 0. The Labute approximate surface area is 505 Å². The topological polar surface area (TPSA) is 105 Å². The number of hydrogen-bond acceptors (Lipinski definition) is 8. The third-order valence-corrected chi connectivity index (χ3v) is 18.7. The van der Waals surface area contributed by atoms with Gasteiger partial charge in [0.25, 0.3) is 0 Å². The second kappa shape index (κ2) is 31.0. The van der Waals surface area contributed by atoms with Crippen LogP contribution in [0.3, 0.4) is 0 Å². The third-order valence-electron chi connectivity index (χ3n) is 18.7. The van der Waals surface area contributed by atoms with Crippen molar-refractivity contribution in [2.45, 2.75) is 161 Å². The van der Waals surface area contributed by atoms with E-state index in [9.17, 15) is 36.7 Å². The molecule has 0 saturated heterocycles. The van der Waals surface area contributed by atoms with Crippen LogP contribution in [0.4, 0.5) is 17.6 Å². The molecule has 0 unspecified atom stereocenters. The predicted molar refractivity (Wildman–Crippen MR) is 327 cm³/mol. The van der Waals surface area contributed by atoms with Gasteiger partial charge in [0, 0.05) is 47.4 Å². The van der Waals surface area contributed by atoms with Gasteiger partial charge >= 0.3 is 0 Å². The maximum Gasteiger partial charge on any atom is 0.171 e. The van der Waals surface area contributed by atoms with E-state index < -0.39 is 23.3 Å². The largest absolute Gasteiger partial charge is 0.497 e. The van der Waals surface area contributed by atoms with Crippen LogP contribution in [0.5, 0.6) is 23.0 Å². The fourth-order valence-electron chi connectivity index (χ4n) is 14.5. The molecule has 7 aliphatic rings. The Kier molecular flexibility index (Phi) is 22.9. The highest BCUT2D eigenvalue weighted by Crippen LogP contribution is 2.61. The molecule has 4 bridgehead atoms. The average molecular weight is 1180 g/mol. The number of halogens is 4. The van der Waals surface area contributed by atoms with Gasteiger partial charge in [0.1, 0.15) is 59.5 Å². The number of carbonyl (C=O) groups excluding carboxylic acids is 4. The molecule has 456 valence electrons. The third kappa shape index (κ3) is 16.9. The summed E-state index contributed by atoms with van der Waals surface area (Å²) < 4.78 is 78.0. The summed E-state index contributed by atoms with van der Waals surface area (Å²) in [4.78, 5) is 50.3. The summed E-state index contributed by atoms with van der Waals surface area (Å²) in [5.74, 6) is 1.88. The minimum atomic E-state index is -0.480. The summed E-state index contributed by atoms with van der Waals surface area (Å²) in [6, 6.07) is 37.7. The number of ketones is 4. The van der Waals surface area contributed by atoms with Crippen LogP contribution in [0.1, 0.15) is 200 Å². The van der Waals surface area contributed by atoms with E-state index >= 15 is 0 Å². The Balaban J connectivity index is 0.000000138. The lowest BCUT2D eigenvalue weighted by Crippen LogP contribution is -2.50. The summed E-state index contributed by atoms with van der Waals surface area (Å²) in [5.41, 5.74) is 2.65. The lowest BCUT2D eigenvalue weighted by molar-refractivity contribution is -0.0355. The first-order valence-electron chi connectivity index (χ1n) is 31.6. The van der Waals surface area contributed by atoms with Gasteiger partial charge in [-0.25, -0.2) is 17.6 Å². The van der Waals surface area contributed by atoms with Gasteiger partial charge in [0.2, 0.25) is 0 Å². The first-order chi connectivity index (χ1) is 41.8. The summed E-state index contributed by atoms with van der Waals surface area (Å²) >= 11 is 0. The second-order valence-electron chi connectivity index (χ2n) is 24.9. The van der Waals surface area contributed by atoms with E-state index in [2.05, 4.69) is 0 Å². The van der Waals surface area contributed by atoms with Crippen molar-refractivity contribution in [2.24, 2.45) is 40.9 Å². The lowest BCUT2D eigenvalue weighted by atomic mass is 9.48. The van der Waals surface area contributed by atoms with Crippen molar-refractivity contribution in [3.8, 4) is 23.0 Å². The highest BCUT2D eigenvalue weighted by Gasteiger charge is 2.55. The molecule has 0 spiro atoms. The predicted octanol–water partition coefficient (Wildman–Crippen LogP) is 18.9. The molecule has 6 aromatic rings. The Morgan fingerprint density at radius 1 is 0.384 bits per heavy atom. The van der Waals surface area contributed by atoms with Crippen LogP contribution >= 0.6 is 0 Å². The average Bonchev–Trinajstić information content (AvgIpc) is 0.903. The van der Waals surface area contributed by atoms with Gasteiger partial charge in [-0.1, -0.05) is 131 Å². The van der Waals surface area contributed by atoms with Crippen molar-refractivity contribution in [1.29, 1.82) is 0 Å². The van der Waals surface area contributed by atoms with Gasteiger partial charge in [0.05, 0.1) is 36.5 Å². The normalized spacial score (nSPS) is 21.1. The zero-order chi connectivity index (χ0) is 60.4. The van der Waals surface area contributed by atoms with E-state index in [0.717, 1.165) is 107 Å². The van der Waals surface area contributed by atoms with Gasteiger partial charge in [-0.05, 0) is 154 Å². The maximum absolute atomic E-state index is 14.4. The standard InChI is InChI=1S/C21H23FO2.C20H21FO2.C18H21FO2.C15H19FO2/c22-20-14-18(24-15-16-8-4-3-5-9-16)12-13-19(20)21(23)17-10-6-1-2-7-11-17;21-19-13-17(23-14-15-7-3-1-4-8-15)11-12-18(19)20(22)16-9-5-2-6-10-16;1-21-14-2-3-15(16(19)7-14)17(20)18-8-11-4-12(9-18)6-13(5-11)10-18;1-18-12-8-9-13(14(16)10-12)15(17)11-6-4-2-3-5-7-11/h3-5,8-9,12-14,17H,1-2,6-7,10-11,15H2;1,3-4,7-8,11-13,16H,2,5-6,9-10,14H2;2-3,7,11-13H,4-6,8-10H2,1H3;8-11H,2-7H2,1H3. The van der Waals surface area contributed by atoms with E-state index in [0.29, 0.717) is 54.0 Å². The Hall–Kier alpha value is -7.08. The molecule has 6 aromatic carbocycles. The molecule has 7 aliphatic carbocycles. The molecular weight excluding hydrogens is 1090 g/mol. The van der Waals surface area contributed by atoms with Gasteiger partial charge < -0.3 is 18.9 Å². The number of ether oxygens (including phenoxy) is 4. The van der Waals surface area contributed by atoms with Gasteiger partial charge in [-0.15, -0.1) is 0 Å². The van der Waals surface area contributed by atoms with Crippen LogP contribution in [0.15, 0.2) is 133 Å². The molecule has 8 nitrogen and oxygen atoms in total. The highest BCUT2D eigenvalue weighted by molar-refractivity contribution is 6.01. The van der Waals surface area contributed by atoms with Crippen molar-refractivity contribution in [2.75, 3.05) is 14.2 Å². The minimum Gasteiger partial charge on any atom is -0.497 e. The van der Waals surface area contributed by atoms with E-state index in [1.54, 1.807) is 48.5 Å². The molecule has 0 amide bonds. The Morgan fingerprint density at radius 2 is 0.674 bits per heavy atom. The zero-order valence-corrected chi connectivity index (χ0v) is 50.1. The molecule has 13 rings (SSSR count). The highest BCUT2D eigenvalue weighted by atomic mass is 19.1. The molecule has 7 saturated carbocycles. The fourth-order valence-corrected chi connectivity index (χ4v) is 14.5. The van der Waals surface area contributed by atoms with E-state index in [4.69, 9.17) is 18.9 Å². The Bertz CT molecular complexity index is 3160. The SMILES string of the molecule is COc1ccc(C(=O)C23CC4CC(CC(C4)C2)C3)c(F)c1.COc1ccc(C(=O)C2CCCCCC2)c(F)c1.O=C(c1ccc(OCc2ccccc2)cc1F)C1CCCCC1.O=C(c1ccc(OCc2ccccc2)cc1F)C1CCCCCC1. The summed E-state index contributed by atoms with van der Waals surface area (Å²) in [6.07, 6.45) is 24.4. The molecule has 7 fully saturated rings. The second-order valence-corrected chi connectivity index (χ2v) is 24.9. The Morgan fingerprint density at radius 3 is 0.988 bits per heavy atom. The van der Waals surface area contributed by atoms with Crippen molar-refractivity contribution < 1.29 is 55.7 Å². The first kappa shape index (κ1) is 63.4. The van der Waals surface area contributed by atoms with Gasteiger partial charge in [-0.2, -0.15) is 0 Å². The monoisotopic (exact) mass is 1180 g/mol. The molecule has 0 aliphatic heterocycles. The minimum absolute atomic E-state index is 0.00426. The number of hydrogen-bond donors (Lipinski definition) is 0. The number of benzene rings is 6. The summed E-state index contributed by atoms with van der Waals surface area (Å²) in [6.45, 7) is 0.770. The number of carbonyl (C=O) groups is 4. The van der Waals surface area contributed by atoms with Crippen LogP contribution in [0.2, 0.25) is 0 Å². The molecule has 86 heavy (non-hydrogen) atoms. The lowest BCUT2D eigenvalue weighted by Gasteiger charge is -2.55. The fraction of sp³-hybridized carbons (Fsp3) is 0.459. The van der Waals surface area contributed by atoms with E-state index in [-0.39, 0.29) is 68.6 Å². The number of Topliss-reactive ketones (excluding diaryl/α,β-unsaturated/α-hetero) is 4. The van der Waals surface area contributed by atoms with Crippen molar-refractivity contribution >= 4 is 23.1 Å². The van der Waals surface area contributed by atoms with Crippen molar-refractivity contribution in [3.63, 3.8) is 0 Å². The van der Waals surface area contributed by atoms with Crippen molar-refractivity contribution in [1.82, 2.24) is 0 Å². The molecule has 0 N–H and O–H groups in total. The van der Waals surface area contributed by atoms with Crippen LogP contribution in [-0.2, 0) is 13.2 Å². The van der Waals surface area contributed by atoms with Crippen LogP contribution in [0.25, 0.3) is 0 Å². The number of methoxy groups -OCH3 is 2. The molecule has 12 heteroatoms. The molecule has 0 heterocycles. The van der Waals surface area contributed by atoms with E-state index in [1.165, 1.54) is 89.9 Å². The summed E-state index contributed by atoms with van der Waals surface area (Å²) in [7, 11) is 3.00. The zero-order valence-electron chi connectivity index (χ0n) is 50.1. The quantitative estimate of drug-likeness (QED) is 0.0536. The molecule has 0 atom stereocenters. The van der Waals surface area contributed by atoms with Gasteiger partial charge in [0.15, 0.2) is 23.1 Å². The van der Waals surface area contributed by atoms with E-state index in [1.807, 2.05) is 60.7 Å². The number of rotatable bonds is 16. The van der Waals surface area contributed by atoms with Gasteiger partial charge in [-0.3, -0.25) is 19.2 Å². The van der Waals surface area contributed by atoms with Crippen molar-refractivity contribution in [3.05, 3.63) is 190 Å². The maximum atomic E-state index is 14.4. The van der Waals surface area contributed by atoms with Crippen LogP contribution < -0.4 is 18.9 Å². The molecule has 0 aromatic heterocycles. The molecule has 0 radical (unpaired) electrons. The first-order valence-corrected chi connectivity index (χ1v) is 31.6.